The van der Waals surface area contributed by atoms with Gasteiger partial charge in [0.05, 0.1) is 13.2 Å². The summed E-state index contributed by atoms with van der Waals surface area (Å²) in [5, 5.41) is 3.95. The van der Waals surface area contributed by atoms with Crippen LogP contribution in [0.2, 0.25) is 0 Å². The summed E-state index contributed by atoms with van der Waals surface area (Å²) in [7, 11) is 0. The summed E-state index contributed by atoms with van der Waals surface area (Å²) in [6, 6.07) is 0.544. The van der Waals surface area contributed by atoms with Crippen LogP contribution in [-0.2, 0) is 11.3 Å². The van der Waals surface area contributed by atoms with Gasteiger partial charge >= 0.3 is 0 Å². The first-order valence-corrected chi connectivity index (χ1v) is 7.02. The Balaban J connectivity index is 1.76. The van der Waals surface area contributed by atoms with Crippen molar-refractivity contribution in [3.8, 4) is 0 Å². The van der Waals surface area contributed by atoms with Gasteiger partial charge in [-0.15, -0.1) is 0 Å². The van der Waals surface area contributed by atoms with Crippen LogP contribution < -0.4 is 0 Å². The lowest BCUT2D eigenvalue weighted by Crippen LogP contribution is -2.52. The van der Waals surface area contributed by atoms with Gasteiger partial charge in [-0.2, -0.15) is 4.98 Å². The minimum atomic E-state index is 0.544. The third-order valence-corrected chi connectivity index (χ3v) is 3.51. The predicted octanol–water partition coefficient (Wildman–Crippen LogP) is 0.921. The first-order valence-electron chi connectivity index (χ1n) is 7.02. The van der Waals surface area contributed by atoms with Crippen LogP contribution in [0.5, 0.6) is 0 Å². The Bertz CT molecular complexity index is 382. The average Bonchev–Trinajstić information content (AvgIpc) is 2.78. The van der Waals surface area contributed by atoms with Crippen molar-refractivity contribution >= 4 is 0 Å². The highest BCUT2D eigenvalue weighted by Crippen LogP contribution is 2.11. The zero-order valence-corrected chi connectivity index (χ0v) is 12.1. The van der Waals surface area contributed by atoms with E-state index in [1.807, 2.05) is 13.8 Å². The van der Waals surface area contributed by atoms with Crippen molar-refractivity contribution in [3.63, 3.8) is 0 Å². The molecule has 0 spiro atoms. The van der Waals surface area contributed by atoms with E-state index in [9.17, 15) is 0 Å². The molecule has 0 aliphatic carbocycles. The van der Waals surface area contributed by atoms with Crippen LogP contribution in [0.25, 0.3) is 0 Å². The second kappa shape index (κ2) is 6.98. The largest absolute Gasteiger partial charge is 0.380 e. The molecule has 1 aromatic rings. The fourth-order valence-electron chi connectivity index (χ4n) is 2.48. The molecule has 1 saturated heterocycles. The van der Waals surface area contributed by atoms with Crippen molar-refractivity contribution in [1.29, 1.82) is 0 Å². The van der Waals surface area contributed by atoms with Crippen molar-refractivity contribution in [3.05, 3.63) is 11.7 Å². The Morgan fingerprint density at radius 3 is 2.89 bits per heavy atom. The third-order valence-electron chi connectivity index (χ3n) is 3.51. The maximum atomic E-state index is 5.42. The number of hydrogen-bond donors (Lipinski definition) is 0. The summed E-state index contributed by atoms with van der Waals surface area (Å²) < 4.78 is 10.4. The van der Waals surface area contributed by atoms with Crippen molar-refractivity contribution < 1.29 is 9.26 Å². The van der Waals surface area contributed by atoms with Crippen LogP contribution >= 0.6 is 0 Å². The highest BCUT2D eigenvalue weighted by Gasteiger charge is 2.24. The Kier molecular flexibility index (Phi) is 5.30. The Morgan fingerprint density at radius 1 is 1.42 bits per heavy atom. The summed E-state index contributed by atoms with van der Waals surface area (Å²) in [5.41, 5.74) is 0. The average molecular weight is 268 g/mol. The zero-order valence-electron chi connectivity index (χ0n) is 12.1. The first kappa shape index (κ1) is 14.4. The zero-order chi connectivity index (χ0) is 13.7. The fraction of sp³-hybridized carbons (Fsp3) is 0.846. The Labute approximate surface area is 114 Å². The third kappa shape index (κ3) is 4.26. The number of nitrogens with zero attached hydrogens (tertiary/aromatic N) is 4. The molecular formula is C13H24N4O2. The highest BCUT2D eigenvalue weighted by atomic mass is 16.5. The van der Waals surface area contributed by atoms with Gasteiger partial charge in [-0.05, 0) is 13.8 Å². The monoisotopic (exact) mass is 268 g/mol. The number of rotatable bonds is 6. The molecule has 1 fully saturated rings. The van der Waals surface area contributed by atoms with Crippen molar-refractivity contribution in [1.82, 2.24) is 19.9 Å². The number of aromatic nitrogens is 2. The number of piperazine rings is 1. The summed E-state index contributed by atoms with van der Waals surface area (Å²) in [5.74, 6) is 1.42. The van der Waals surface area contributed by atoms with Gasteiger partial charge in [0.1, 0.15) is 0 Å². The van der Waals surface area contributed by atoms with E-state index >= 15 is 0 Å². The maximum absolute atomic E-state index is 5.42. The van der Waals surface area contributed by atoms with Gasteiger partial charge in [0.25, 0.3) is 0 Å². The summed E-state index contributed by atoms with van der Waals surface area (Å²) in [6.45, 7) is 12.7. The van der Waals surface area contributed by atoms with E-state index in [0.29, 0.717) is 11.9 Å². The maximum Gasteiger partial charge on any atom is 0.223 e. The second-order valence-corrected chi connectivity index (χ2v) is 5.05. The summed E-state index contributed by atoms with van der Waals surface area (Å²) in [6.07, 6.45) is 0. The lowest BCUT2D eigenvalue weighted by Gasteiger charge is -2.39. The van der Waals surface area contributed by atoms with Gasteiger partial charge in [0.2, 0.25) is 5.89 Å². The van der Waals surface area contributed by atoms with E-state index in [4.69, 9.17) is 9.26 Å². The smallest absolute Gasteiger partial charge is 0.223 e. The highest BCUT2D eigenvalue weighted by molar-refractivity contribution is 4.87. The molecule has 1 aliphatic rings. The van der Waals surface area contributed by atoms with E-state index in [2.05, 4.69) is 26.9 Å². The van der Waals surface area contributed by atoms with Gasteiger partial charge in [-0.25, -0.2) is 0 Å². The van der Waals surface area contributed by atoms with E-state index in [0.717, 1.165) is 51.8 Å². The molecule has 0 aromatic carbocycles. The van der Waals surface area contributed by atoms with Crippen LogP contribution in [0.15, 0.2) is 4.52 Å². The van der Waals surface area contributed by atoms with Gasteiger partial charge < -0.3 is 9.26 Å². The van der Waals surface area contributed by atoms with Crippen LogP contribution in [0.3, 0.4) is 0 Å². The molecule has 0 N–H and O–H groups in total. The van der Waals surface area contributed by atoms with E-state index in [1.165, 1.54) is 0 Å². The van der Waals surface area contributed by atoms with Crippen molar-refractivity contribution in [2.24, 2.45) is 0 Å². The topological polar surface area (TPSA) is 54.6 Å². The normalized spacial score (nSPS) is 21.9. The summed E-state index contributed by atoms with van der Waals surface area (Å²) in [4.78, 5) is 9.12. The Hall–Kier alpha value is -0.980. The first-order chi connectivity index (χ1) is 9.19. The molecule has 0 unspecified atom stereocenters. The van der Waals surface area contributed by atoms with Crippen LogP contribution in [0, 0.1) is 6.92 Å². The van der Waals surface area contributed by atoms with Gasteiger partial charge in [0, 0.05) is 45.8 Å². The fourth-order valence-corrected chi connectivity index (χ4v) is 2.48. The van der Waals surface area contributed by atoms with Crippen molar-refractivity contribution in [2.45, 2.75) is 33.4 Å². The lowest BCUT2D eigenvalue weighted by atomic mass is 10.2. The molecule has 2 rings (SSSR count). The van der Waals surface area contributed by atoms with E-state index in [1.54, 1.807) is 0 Å². The molecule has 6 heteroatoms. The quantitative estimate of drug-likeness (QED) is 0.715. The van der Waals surface area contributed by atoms with Crippen LogP contribution in [0.4, 0.5) is 0 Å². The molecule has 0 radical (unpaired) electrons. The molecule has 1 aromatic heterocycles. The molecule has 108 valence electrons. The van der Waals surface area contributed by atoms with E-state index in [-0.39, 0.29) is 0 Å². The number of ether oxygens (including phenoxy) is 1. The molecular weight excluding hydrogens is 244 g/mol. The predicted molar refractivity (Wildman–Crippen MR) is 71.8 cm³/mol. The minimum absolute atomic E-state index is 0.544. The minimum Gasteiger partial charge on any atom is -0.380 e. The molecule has 19 heavy (non-hydrogen) atoms. The van der Waals surface area contributed by atoms with Gasteiger partial charge in [0.15, 0.2) is 5.82 Å². The van der Waals surface area contributed by atoms with Gasteiger partial charge in [-0.1, -0.05) is 5.16 Å². The van der Waals surface area contributed by atoms with E-state index < -0.39 is 0 Å². The molecule has 0 saturated carbocycles. The second-order valence-electron chi connectivity index (χ2n) is 5.05. The molecule has 1 atom stereocenters. The summed E-state index contributed by atoms with van der Waals surface area (Å²) >= 11 is 0. The SMILES string of the molecule is CCOCCN1CCN(Cc2noc(C)n2)C[C@@H]1C. The van der Waals surface area contributed by atoms with Gasteiger partial charge in [-0.3, -0.25) is 9.80 Å². The van der Waals surface area contributed by atoms with Crippen LogP contribution in [-0.4, -0.2) is 65.4 Å². The Morgan fingerprint density at radius 2 is 2.26 bits per heavy atom. The molecule has 0 bridgehead atoms. The van der Waals surface area contributed by atoms with Crippen LogP contribution in [0.1, 0.15) is 25.6 Å². The number of aryl methyl sites for hydroxylation is 1. The molecule has 6 nitrogen and oxygen atoms in total. The lowest BCUT2D eigenvalue weighted by molar-refractivity contribution is 0.0455. The molecule has 2 heterocycles. The molecule has 0 amide bonds. The standard InChI is InChI=1S/C13H24N4O2/c1-4-18-8-7-17-6-5-16(9-11(17)2)10-13-14-12(3)19-15-13/h11H,4-10H2,1-3H3/t11-/m0/s1. The molecule has 1 aliphatic heterocycles. The van der Waals surface area contributed by atoms with Crippen molar-refractivity contribution in [2.75, 3.05) is 39.4 Å². The number of hydrogen-bond acceptors (Lipinski definition) is 6.